The van der Waals surface area contributed by atoms with Gasteiger partial charge in [0.1, 0.15) is 0 Å². The number of hydrogen-bond donors (Lipinski definition) is 1. The Hall–Kier alpha value is -1.81. The quantitative estimate of drug-likeness (QED) is 0.917. The van der Waals surface area contributed by atoms with Crippen LogP contribution in [0.4, 0.5) is 5.69 Å². The molecule has 0 saturated heterocycles. The molecular weight excluding hydrogens is 260 g/mol. The summed E-state index contributed by atoms with van der Waals surface area (Å²) in [6.45, 7) is 2.79. The summed E-state index contributed by atoms with van der Waals surface area (Å²) in [7, 11) is 0. The number of nitrogens with zero attached hydrogens (tertiary/aromatic N) is 3. The van der Waals surface area contributed by atoms with Gasteiger partial charge in [0.05, 0.1) is 18.6 Å². The highest BCUT2D eigenvalue weighted by molar-refractivity contribution is 5.60. The number of rotatable bonds is 5. The van der Waals surface area contributed by atoms with Gasteiger partial charge in [-0.2, -0.15) is 0 Å². The Morgan fingerprint density at radius 3 is 2.90 bits per heavy atom. The SMILES string of the molecule is NCCC1CN(Cc2cncn2C2CC2)c2ccccc21. The minimum atomic E-state index is 0.573. The summed E-state index contributed by atoms with van der Waals surface area (Å²) in [6.07, 6.45) is 7.68. The molecule has 1 aliphatic heterocycles. The number of benzene rings is 1. The fourth-order valence-corrected chi connectivity index (χ4v) is 3.51. The van der Waals surface area contributed by atoms with E-state index in [1.54, 1.807) is 0 Å². The normalized spacial score (nSPS) is 20.8. The molecule has 0 radical (unpaired) electrons. The van der Waals surface area contributed by atoms with Crippen LogP contribution in [0, 0.1) is 0 Å². The molecule has 4 rings (SSSR count). The molecule has 1 saturated carbocycles. The van der Waals surface area contributed by atoms with Gasteiger partial charge in [0, 0.05) is 30.4 Å². The Kier molecular flexibility index (Phi) is 3.19. The Labute approximate surface area is 125 Å². The number of imidazole rings is 1. The summed E-state index contributed by atoms with van der Waals surface area (Å²) in [6, 6.07) is 9.47. The Bertz CT molecular complexity index is 629. The van der Waals surface area contributed by atoms with E-state index in [9.17, 15) is 0 Å². The molecule has 1 atom stereocenters. The van der Waals surface area contributed by atoms with Gasteiger partial charge in [-0.3, -0.25) is 0 Å². The van der Waals surface area contributed by atoms with Crippen molar-refractivity contribution in [3.05, 3.63) is 48.0 Å². The maximum absolute atomic E-state index is 5.79. The summed E-state index contributed by atoms with van der Waals surface area (Å²) < 4.78 is 2.36. The first kappa shape index (κ1) is 12.9. The van der Waals surface area contributed by atoms with Crippen molar-refractivity contribution in [3.8, 4) is 0 Å². The van der Waals surface area contributed by atoms with E-state index < -0.39 is 0 Å². The average molecular weight is 282 g/mol. The maximum Gasteiger partial charge on any atom is 0.0951 e. The third kappa shape index (κ3) is 2.33. The molecule has 0 amide bonds. The average Bonchev–Trinajstić information content (AvgIpc) is 3.16. The molecule has 1 aromatic carbocycles. The Morgan fingerprint density at radius 1 is 1.24 bits per heavy atom. The van der Waals surface area contributed by atoms with E-state index in [2.05, 4.69) is 38.7 Å². The smallest absolute Gasteiger partial charge is 0.0951 e. The highest BCUT2D eigenvalue weighted by atomic mass is 15.2. The topological polar surface area (TPSA) is 47.1 Å². The zero-order valence-electron chi connectivity index (χ0n) is 12.3. The number of aromatic nitrogens is 2. The van der Waals surface area contributed by atoms with Crippen LogP contribution in [0.15, 0.2) is 36.8 Å². The molecule has 2 heterocycles. The van der Waals surface area contributed by atoms with E-state index in [-0.39, 0.29) is 0 Å². The Morgan fingerprint density at radius 2 is 2.10 bits per heavy atom. The molecule has 2 aliphatic rings. The molecule has 110 valence electrons. The predicted molar refractivity (Wildman–Crippen MR) is 84.4 cm³/mol. The number of fused-ring (bicyclic) bond motifs is 1. The van der Waals surface area contributed by atoms with Crippen molar-refractivity contribution in [1.82, 2.24) is 9.55 Å². The van der Waals surface area contributed by atoms with E-state index in [4.69, 9.17) is 5.73 Å². The van der Waals surface area contributed by atoms with Gasteiger partial charge in [0.25, 0.3) is 0 Å². The molecule has 0 bridgehead atoms. The number of hydrogen-bond acceptors (Lipinski definition) is 3. The summed E-state index contributed by atoms with van der Waals surface area (Å²) >= 11 is 0. The predicted octanol–water partition coefficient (Wildman–Crippen LogP) is 2.67. The van der Waals surface area contributed by atoms with E-state index >= 15 is 0 Å². The first-order chi connectivity index (χ1) is 10.4. The third-order valence-corrected chi connectivity index (χ3v) is 4.71. The van der Waals surface area contributed by atoms with Gasteiger partial charge in [0.2, 0.25) is 0 Å². The van der Waals surface area contributed by atoms with Crippen LogP contribution in [0.25, 0.3) is 0 Å². The van der Waals surface area contributed by atoms with Crippen LogP contribution in [0.5, 0.6) is 0 Å². The summed E-state index contributed by atoms with van der Waals surface area (Å²) in [5.74, 6) is 0.573. The molecule has 2 N–H and O–H groups in total. The molecule has 1 aromatic heterocycles. The number of para-hydroxylation sites is 1. The first-order valence-electron chi connectivity index (χ1n) is 7.91. The lowest BCUT2D eigenvalue weighted by atomic mass is 9.98. The molecule has 4 heteroatoms. The van der Waals surface area contributed by atoms with Crippen molar-refractivity contribution in [2.24, 2.45) is 5.73 Å². The van der Waals surface area contributed by atoms with E-state index in [0.717, 1.165) is 26.1 Å². The maximum atomic E-state index is 5.79. The minimum absolute atomic E-state index is 0.573. The first-order valence-corrected chi connectivity index (χ1v) is 7.91. The van der Waals surface area contributed by atoms with Gasteiger partial charge in [0.15, 0.2) is 0 Å². The van der Waals surface area contributed by atoms with Gasteiger partial charge in [-0.15, -0.1) is 0 Å². The summed E-state index contributed by atoms with van der Waals surface area (Å²) in [4.78, 5) is 6.84. The van der Waals surface area contributed by atoms with Crippen LogP contribution >= 0.6 is 0 Å². The zero-order valence-corrected chi connectivity index (χ0v) is 12.3. The van der Waals surface area contributed by atoms with Crippen molar-refractivity contribution < 1.29 is 0 Å². The molecule has 1 unspecified atom stereocenters. The highest BCUT2D eigenvalue weighted by Gasteiger charge is 2.30. The second-order valence-corrected chi connectivity index (χ2v) is 6.24. The van der Waals surface area contributed by atoms with E-state index in [0.29, 0.717) is 12.0 Å². The molecule has 21 heavy (non-hydrogen) atoms. The van der Waals surface area contributed by atoms with Gasteiger partial charge < -0.3 is 15.2 Å². The van der Waals surface area contributed by atoms with Crippen LogP contribution in [0.1, 0.15) is 42.5 Å². The van der Waals surface area contributed by atoms with Crippen LogP contribution in [-0.4, -0.2) is 22.6 Å². The second-order valence-electron chi connectivity index (χ2n) is 6.24. The molecule has 1 aliphatic carbocycles. The van der Waals surface area contributed by atoms with Crippen molar-refractivity contribution in [2.75, 3.05) is 18.0 Å². The fraction of sp³-hybridized carbons (Fsp3) is 0.471. The van der Waals surface area contributed by atoms with Gasteiger partial charge in [-0.05, 0) is 37.4 Å². The third-order valence-electron chi connectivity index (χ3n) is 4.71. The second kappa shape index (κ2) is 5.19. The largest absolute Gasteiger partial charge is 0.365 e. The molecule has 1 fully saturated rings. The lowest BCUT2D eigenvalue weighted by Gasteiger charge is -2.20. The molecule has 4 nitrogen and oxygen atoms in total. The van der Waals surface area contributed by atoms with Crippen molar-refractivity contribution in [3.63, 3.8) is 0 Å². The molecule has 0 spiro atoms. The van der Waals surface area contributed by atoms with Crippen LogP contribution in [0.3, 0.4) is 0 Å². The van der Waals surface area contributed by atoms with Crippen molar-refractivity contribution in [2.45, 2.75) is 37.8 Å². The standard InChI is InChI=1S/C17H22N4/c18-8-7-13-10-20(17-4-2-1-3-16(13)17)11-15-9-19-12-21(15)14-5-6-14/h1-4,9,12-14H,5-8,10-11,18H2. The number of anilines is 1. The lowest BCUT2D eigenvalue weighted by Crippen LogP contribution is -2.23. The van der Waals surface area contributed by atoms with Crippen molar-refractivity contribution in [1.29, 1.82) is 0 Å². The minimum Gasteiger partial charge on any atom is -0.365 e. The van der Waals surface area contributed by atoms with Crippen LogP contribution in [0.2, 0.25) is 0 Å². The van der Waals surface area contributed by atoms with Gasteiger partial charge in [-0.25, -0.2) is 4.98 Å². The van der Waals surface area contributed by atoms with Gasteiger partial charge in [-0.1, -0.05) is 18.2 Å². The summed E-state index contributed by atoms with van der Waals surface area (Å²) in [5, 5.41) is 0. The highest BCUT2D eigenvalue weighted by Crippen LogP contribution is 2.40. The molecular formula is C17H22N4. The van der Waals surface area contributed by atoms with E-state index in [1.807, 2.05) is 12.5 Å². The fourth-order valence-electron chi connectivity index (χ4n) is 3.51. The van der Waals surface area contributed by atoms with Crippen molar-refractivity contribution >= 4 is 5.69 Å². The Balaban J connectivity index is 1.59. The van der Waals surface area contributed by atoms with E-state index in [1.165, 1.54) is 29.8 Å². The van der Waals surface area contributed by atoms with Crippen LogP contribution < -0.4 is 10.6 Å². The molecule has 2 aromatic rings. The van der Waals surface area contributed by atoms with Gasteiger partial charge >= 0.3 is 0 Å². The summed E-state index contributed by atoms with van der Waals surface area (Å²) in [5.41, 5.74) is 9.95. The monoisotopic (exact) mass is 282 g/mol. The zero-order chi connectivity index (χ0) is 14.2. The van der Waals surface area contributed by atoms with Crippen LogP contribution in [-0.2, 0) is 6.54 Å². The number of nitrogens with two attached hydrogens (primary N) is 1. The lowest BCUT2D eigenvalue weighted by molar-refractivity contribution is 0.624.